The van der Waals surface area contributed by atoms with Gasteiger partial charge < -0.3 is 4.74 Å². The summed E-state index contributed by atoms with van der Waals surface area (Å²) in [5.74, 6) is 1.74. The fourth-order valence-electron chi connectivity index (χ4n) is 1.70. The zero-order valence-corrected chi connectivity index (χ0v) is 11.9. The first-order chi connectivity index (χ1) is 8.78. The molecule has 18 heavy (non-hydrogen) atoms. The average Bonchev–Trinajstić information content (AvgIpc) is 2.40. The first-order valence-electron chi connectivity index (χ1n) is 5.85. The van der Waals surface area contributed by atoms with Gasteiger partial charge in [0, 0.05) is 0 Å². The van der Waals surface area contributed by atoms with Crippen LogP contribution in [-0.2, 0) is 6.42 Å². The summed E-state index contributed by atoms with van der Waals surface area (Å²) in [4.78, 5) is 1.96. The van der Waals surface area contributed by atoms with Gasteiger partial charge in [0.2, 0.25) is 0 Å². The number of hydrogen-bond acceptors (Lipinski definition) is 1. The summed E-state index contributed by atoms with van der Waals surface area (Å²) >= 11 is 3.35. The van der Waals surface area contributed by atoms with Gasteiger partial charge in [-0.1, -0.05) is 51.8 Å². The van der Waals surface area contributed by atoms with E-state index in [4.69, 9.17) is 4.74 Å². The molecule has 0 fully saturated rings. The third-order valence-corrected chi connectivity index (χ3v) is 3.33. The zero-order chi connectivity index (χ0) is 12.8. The molecule has 0 aliphatic carbocycles. The summed E-state index contributed by atoms with van der Waals surface area (Å²) in [7, 11) is 0. The summed E-state index contributed by atoms with van der Waals surface area (Å²) < 4.78 is 5.80. The minimum absolute atomic E-state index is 0.863. The lowest BCUT2D eigenvalue weighted by atomic mass is 10.1. The Morgan fingerprint density at radius 1 is 1.06 bits per heavy atom. The zero-order valence-electron chi connectivity index (χ0n) is 10.3. The monoisotopic (exact) mass is 302 g/mol. The van der Waals surface area contributed by atoms with Crippen LogP contribution in [0.2, 0.25) is 0 Å². The molecular weight excluding hydrogens is 288 g/mol. The summed E-state index contributed by atoms with van der Waals surface area (Å²) in [5.41, 5.74) is 2.53. The third-order valence-electron chi connectivity index (χ3n) is 2.55. The van der Waals surface area contributed by atoms with Gasteiger partial charge in [0.15, 0.2) is 0 Å². The van der Waals surface area contributed by atoms with E-state index in [1.807, 2.05) is 47.4 Å². The maximum Gasteiger partial charge on any atom is 0.127 e. The number of hydrogen-bond donors (Lipinski definition) is 0. The number of ether oxygens (including phenoxy) is 1. The second-order valence-corrected chi connectivity index (χ2v) is 4.65. The highest BCUT2D eigenvalue weighted by Crippen LogP contribution is 2.22. The fraction of sp³-hybridized carbons (Fsp3) is 0.125. The van der Waals surface area contributed by atoms with Crippen molar-refractivity contribution in [2.24, 2.45) is 0 Å². The van der Waals surface area contributed by atoms with E-state index in [1.54, 1.807) is 0 Å². The van der Waals surface area contributed by atoms with E-state index >= 15 is 0 Å². The van der Waals surface area contributed by atoms with Crippen LogP contribution in [0.1, 0.15) is 12.5 Å². The fourth-order valence-corrected chi connectivity index (χ4v) is 1.87. The molecule has 0 spiro atoms. The van der Waals surface area contributed by atoms with Crippen LogP contribution >= 0.6 is 15.9 Å². The van der Waals surface area contributed by atoms with E-state index < -0.39 is 0 Å². The molecule has 1 nitrogen and oxygen atoms in total. The van der Waals surface area contributed by atoms with Crippen LogP contribution in [0.15, 0.2) is 65.2 Å². The van der Waals surface area contributed by atoms with Gasteiger partial charge in [-0.05, 0) is 48.2 Å². The molecule has 0 aliphatic rings. The Morgan fingerprint density at radius 3 is 2.50 bits per heavy atom. The van der Waals surface area contributed by atoms with E-state index in [0.717, 1.165) is 17.9 Å². The molecule has 0 radical (unpaired) electrons. The van der Waals surface area contributed by atoms with Crippen molar-refractivity contribution in [2.75, 3.05) is 0 Å². The van der Waals surface area contributed by atoms with Crippen LogP contribution in [0.3, 0.4) is 0 Å². The lowest BCUT2D eigenvalue weighted by Crippen LogP contribution is -1.88. The minimum Gasteiger partial charge on any atom is -0.457 e. The maximum atomic E-state index is 5.80. The van der Waals surface area contributed by atoms with Gasteiger partial charge in [-0.2, -0.15) is 0 Å². The molecule has 0 aromatic heterocycles. The molecule has 2 aromatic rings. The molecule has 0 saturated carbocycles. The Balaban J connectivity index is 2.13. The van der Waals surface area contributed by atoms with Crippen molar-refractivity contribution in [1.29, 1.82) is 0 Å². The molecule has 0 saturated heterocycles. The Morgan fingerprint density at radius 2 is 1.78 bits per heavy atom. The molecule has 0 N–H and O–H groups in total. The molecule has 0 unspecified atom stereocenters. The molecule has 0 bridgehead atoms. The van der Waals surface area contributed by atoms with Crippen LogP contribution in [0.4, 0.5) is 0 Å². The van der Waals surface area contributed by atoms with Gasteiger partial charge in [-0.25, -0.2) is 0 Å². The number of allylic oxidation sites excluding steroid dienone is 1. The van der Waals surface area contributed by atoms with Gasteiger partial charge in [0.25, 0.3) is 0 Å². The predicted octanol–water partition coefficient (Wildman–Crippen LogP) is 5.32. The number of rotatable bonds is 4. The summed E-state index contributed by atoms with van der Waals surface area (Å²) in [5, 5.41) is 0. The van der Waals surface area contributed by atoms with Gasteiger partial charge in [-0.15, -0.1) is 0 Å². The molecule has 92 valence electrons. The van der Waals surface area contributed by atoms with Gasteiger partial charge >= 0.3 is 0 Å². The van der Waals surface area contributed by atoms with Crippen LogP contribution in [0.5, 0.6) is 11.5 Å². The Hall–Kier alpha value is -1.54. The highest BCUT2D eigenvalue weighted by atomic mass is 79.9. The van der Waals surface area contributed by atoms with Gasteiger partial charge in [0.05, 0.1) is 0 Å². The Bertz CT molecular complexity index is 532. The van der Waals surface area contributed by atoms with E-state index in [2.05, 4.69) is 35.0 Å². The standard InChI is InChI=1S/C16H15BrO/c1-13(12-17)10-14-6-5-9-16(11-14)18-15-7-3-2-4-8-15/h2-9,11-12H,10H2,1H3. The first-order valence-corrected chi connectivity index (χ1v) is 6.77. The number of para-hydroxylation sites is 1. The third kappa shape index (κ3) is 3.74. The molecule has 2 rings (SSSR count). The SMILES string of the molecule is CC(=CBr)Cc1cccc(Oc2ccccc2)c1. The molecule has 0 heterocycles. The van der Waals surface area contributed by atoms with E-state index in [1.165, 1.54) is 11.1 Å². The lowest BCUT2D eigenvalue weighted by molar-refractivity contribution is 0.482. The smallest absolute Gasteiger partial charge is 0.127 e. The van der Waals surface area contributed by atoms with Crippen molar-refractivity contribution in [3.8, 4) is 11.5 Å². The maximum absolute atomic E-state index is 5.80. The molecule has 0 amide bonds. The van der Waals surface area contributed by atoms with Crippen molar-refractivity contribution in [3.63, 3.8) is 0 Å². The van der Waals surface area contributed by atoms with Gasteiger partial charge in [-0.3, -0.25) is 0 Å². The summed E-state index contributed by atoms with van der Waals surface area (Å²) in [6.45, 7) is 2.10. The normalized spacial score (nSPS) is 11.3. The Labute approximate surface area is 116 Å². The van der Waals surface area contributed by atoms with Gasteiger partial charge in [0.1, 0.15) is 11.5 Å². The van der Waals surface area contributed by atoms with Crippen molar-refractivity contribution in [2.45, 2.75) is 13.3 Å². The molecular formula is C16H15BrO. The number of halogens is 1. The van der Waals surface area contributed by atoms with Crippen molar-refractivity contribution < 1.29 is 4.74 Å². The Kier molecular flexibility index (Phi) is 4.59. The molecule has 0 atom stereocenters. The molecule has 2 aromatic carbocycles. The highest BCUT2D eigenvalue weighted by Gasteiger charge is 1.99. The number of benzene rings is 2. The highest BCUT2D eigenvalue weighted by molar-refractivity contribution is 9.11. The lowest BCUT2D eigenvalue weighted by Gasteiger charge is -2.07. The second kappa shape index (κ2) is 6.41. The van der Waals surface area contributed by atoms with Crippen LogP contribution < -0.4 is 4.74 Å². The van der Waals surface area contributed by atoms with Crippen LogP contribution in [-0.4, -0.2) is 0 Å². The molecule has 2 heteroatoms. The minimum atomic E-state index is 0.863. The van der Waals surface area contributed by atoms with E-state index in [-0.39, 0.29) is 0 Å². The van der Waals surface area contributed by atoms with Crippen LogP contribution in [0, 0.1) is 0 Å². The average molecular weight is 303 g/mol. The van der Waals surface area contributed by atoms with Crippen molar-refractivity contribution >= 4 is 15.9 Å². The first kappa shape index (κ1) is 12.9. The summed E-state index contributed by atoms with van der Waals surface area (Å²) in [6.07, 6.45) is 0.928. The topological polar surface area (TPSA) is 9.23 Å². The van der Waals surface area contributed by atoms with E-state index in [9.17, 15) is 0 Å². The predicted molar refractivity (Wildman–Crippen MR) is 79.3 cm³/mol. The summed E-state index contributed by atoms with van der Waals surface area (Å²) in [6, 6.07) is 18.0. The second-order valence-electron chi connectivity index (χ2n) is 4.19. The molecule has 0 aliphatic heterocycles. The van der Waals surface area contributed by atoms with Crippen molar-refractivity contribution in [1.82, 2.24) is 0 Å². The van der Waals surface area contributed by atoms with E-state index in [0.29, 0.717) is 0 Å². The largest absolute Gasteiger partial charge is 0.457 e. The quantitative estimate of drug-likeness (QED) is 0.742. The van der Waals surface area contributed by atoms with Crippen molar-refractivity contribution in [3.05, 3.63) is 70.7 Å². The van der Waals surface area contributed by atoms with Crippen LogP contribution in [0.25, 0.3) is 0 Å².